The molecule has 0 aliphatic rings. The number of ether oxygens (including phenoxy) is 2. The second kappa shape index (κ2) is 15.2. The van der Waals surface area contributed by atoms with Gasteiger partial charge in [0.25, 0.3) is 0 Å². The van der Waals surface area contributed by atoms with Crippen molar-refractivity contribution in [2.45, 2.75) is 39.5 Å². The normalized spacial score (nSPS) is 11.4. The van der Waals surface area contributed by atoms with E-state index in [9.17, 15) is 13.2 Å². The van der Waals surface area contributed by atoms with Gasteiger partial charge in [-0.15, -0.1) is 22.7 Å². The molecule has 0 spiro atoms. The number of hydrogen-bond donors (Lipinski definition) is 1. The zero-order valence-electron chi connectivity index (χ0n) is 24.1. The van der Waals surface area contributed by atoms with Gasteiger partial charge in [0.1, 0.15) is 11.5 Å². The lowest BCUT2D eigenvalue weighted by Gasteiger charge is -2.24. The maximum atomic E-state index is 13.5. The predicted octanol–water partition coefficient (Wildman–Crippen LogP) is 6.21. The summed E-state index contributed by atoms with van der Waals surface area (Å²) in [5.74, 6) is 1.34. The number of sulfonamides is 1. The van der Waals surface area contributed by atoms with Crippen LogP contribution in [0.15, 0.2) is 77.5 Å². The highest BCUT2D eigenvalue weighted by Crippen LogP contribution is 2.27. The van der Waals surface area contributed by atoms with Crippen LogP contribution < -0.4 is 14.8 Å². The van der Waals surface area contributed by atoms with Gasteiger partial charge in [0.05, 0.1) is 25.7 Å². The molecular formula is C31H37N3O5S3. The number of methoxy groups -OCH3 is 2. The van der Waals surface area contributed by atoms with Crippen LogP contribution in [-0.4, -0.2) is 50.0 Å². The first kappa shape index (κ1) is 31.6. The Morgan fingerprint density at radius 1 is 0.833 bits per heavy atom. The van der Waals surface area contributed by atoms with Crippen molar-refractivity contribution in [2.75, 3.05) is 31.8 Å². The van der Waals surface area contributed by atoms with E-state index in [1.807, 2.05) is 89.3 Å². The highest BCUT2D eigenvalue weighted by atomic mass is 32.2. The lowest BCUT2D eigenvalue weighted by molar-refractivity contribution is -0.132. The molecule has 1 amide bonds. The van der Waals surface area contributed by atoms with E-state index in [1.54, 1.807) is 41.2 Å². The summed E-state index contributed by atoms with van der Waals surface area (Å²) in [6.45, 7) is 3.61. The van der Waals surface area contributed by atoms with Crippen LogP contribution in [0.2, 0.25) is 0 Å². The van der Waals surface area contributed by atoms with Crippen LogP contribution >= 0.6 is 22.7 Å². The van der Waals surface area contributed by atoms with Gasteiger partial charge in [-0.2, -0.15) is 4.31 Å². The van der Waals surface area contributed by atoms with Crippen LogP contribution in [0.5, 0.6) is 11.5 Å². The van der Waals surface area contributed by atoms with Crippen LogP contribution in [0.25, 0.3) is 0 Å². The van der Waals surface area contributed by atoms with Crippen molar-refractivity contribution in [3.05, 3.63) is 98.4 Å². The average molecular weight is 628 g/mol. The van der Waals surface area contributed by atoms with Crippen molar-refractivity contribution in [1.29, 1.82) is 0 Å². The molecule has 0 radical (unpaired) electrons. The van der Waals surface area contributed by atoms with Crippen molar-refractivity contribution < 1.29 is 22.7 Å². The molecule has 224 valence electrons. The number of carbonyl (C=O) groups excluding carboxylic acids is 1. The Morgan fingerprint density at radius 2 is 1.45 bits per heavy atom. The number of amides is 1. The van der Waals surface area contributed by atoms with E-state index in [0.29, 0.717) is 44.0 Å². The minimum atomic E-state index is -3.57. The fraction of sp³-hybridized carbons (Fsp3) is 0.323. The zero-order valence-corrected chi connectivity index (χ0v) is 26.6. The number of nitrogens with zero attached hydrogens (tertiary/aromatic N) is 2. The fourth-order valence-corrected chi connectivity index (χ4v) is 7.36. The van der Waals surface area contributed by atoms with Crippen LogP contribution in [0.3, 0.4) is 0 Å². The molecule has 0 saturated carbocycles. The first-order valence-electron chi connectivity index (χ1n) is 13.7. The van der Waals surface area contributed by atoms with Gasteiger partial charge in [-0.25, -0.2) is 8.42 Å². The maximum absolute atomic E-state index is 13.5. The minimum Gasteiger partial charge on any atom is -0.497 e. The van der Waals surface area contributed by atoms with E-state index in [1.165, 1.54) is 0 Å². The number of carbonyl (C=O) groups is 1. The Kier molecular flexibility index (Phi) is 11.4. The fourth-order valence-electron chi connectivity index (χ4n) is 4.47. The molecule has 2 aromatic carbocycles. The number of benzene rings is 2. The van der Waals surface area contributed by atoms with Crippen molar-refractivity contribution in [3.8, 4) is 11.5 Å². The molecule has 0 unspecified atom stereocenters. The second-order valence-electron chi connectivity index (χ2n) is 9.66. The standard InChI is InChI=1S/C31H37N3O5S3/c1-4-31(35)33(20-24-9-12-26(38-2)13-10-24)21-25-11-14-30(39-3)29(19-25)32-15-18-42(36,37)34(22-27-7-5-16-40-27)23-28-8-6-17-41-28/h5-14,16-17,19,32H,4,15,18,20-23H2,1-3H3. The molecule has 4 rings (SSSR count). The highest BCUT2D eigenvalue weighted by molar-refractivity contribution is 7.89. The molecule has 2 aromatic heterocycles. The Morgan fingerprint density at radius 3 is 2.00 bits per heavy atom. The Hall–Kier alpha value is -3.38. The van der Waals surface area contributed by atoms with E-state index in [-0.39, 0.29) is 18.2 Å². The minimum absolute atomic E-state index is 0.0406. The Labute approximate surface area is 256 Å². The van der Waals surface area contributed by atoms with Crippen molar-refractivity contribution in [1.82, 2.24) is 9.21 Å². The summed E-state index contributed by atoms with van der Waals surface area (Å²) in [6.07, 6.45) is 0.392. The van der Waals surface area contributed by atoms with Gasteiger partial charge >= 0.3 is 0 Å². The van der Waals surface area contributed by atoms with Gasteiger partial charge in [0.15, 0.2) is 0 Å². The van der Waals surface area contributed by atoms with E-state index < -0.39 is 10.0 Å². The predicted molar refractivity (Wildman–Crippen MR) is 171 cm³/mol. The third-order valence-electron chi connectivity index (χ3n) is 6.72. The van der Waals surface area contributed by atoms with Crippen molar-refractivity contribution >= 4 is 44.3 Å². The van der Waals surface area contributed by atoms with Gasteiger partial charge in [-0.1, -0.05) is 37.3 Å². The quantitative estimate of drug-likeness (QED) is 0.159. The highest BCUT2D eigenvalue weighted by Gasteiger charge is 2.23. The third-order valence-corrected chi connectivity index (χ3v) is 10.2. The summed E-state index contributed by atoms with van der Waals surface area (Å²) in [5.41, 5.74) is 2.60. The topological polar surface area (TPSA) is 88.2 Å². The molecule has 4 aromatic rings. The van der Waals surface area contributed by atoms with Crippen LogP contribution in [0.4, 0.5) is 5.69 Å². The first-order chi connectivity index (χ1) is 20.3. The summed E-state index contributed by atoms with van der Waals surface area (Å²) in [4.78, 5) is 16.6. The molecule has 0 saturated heterocycles. The van der Waals surface area contributed by atoms with Gasteiger partial charge < -0.3 is 19.7 Å². The van der Waals surface area contributed by atoms with E-state index in [2.05, 4.69) is 5.32 Å². The lowest BCUT2D eigenvalue weighted by Crippen LogP contribution is -2.34. The molecule has 2 heterocycles. The molecule has 8 nitrogen and oxygen atoms in total. The van der Waals surface area contributed by atoms with E-state index in [4.69, 9.17) is 9.47 Å². The van der Waals surface area contributed by atoms with Crippen molar-refractivity contribution in [2.24, 2.45) is 0 Å². The summed E-state index contributed by atoms with van der Waals surface area (Å²) in [5, 5.41) is 7.18. The van der Waals surface area contributed by atoms with Crippen LogP contribution in [0, 0.1) is 0 Å². The van der Waals surface area contributed by atoms with E-state index >= 15 is 0 Å². The summed E-state index contributed by atoms with van der Waals surface area (Å²) in [6, 6.07) is 21.1. The van der Waals surface area contributed by atoms with E-state index in [0.717, 1.165) is 26.6 Å². The largest absolute Gasteiger partial charge is 0.497 e. The number of nitrogens with one attached hydrogen (secondary N) is 1. The van der Waals surface area contributed by atoms with Gasteiger partial charge in [0, 0.05) is 48.9 Å². The van der Waals surface area contributed by atoms with Gasteiger partial charge in [0.2, 0.25) is 15.9 Å². The Bertz CT molecular complexity index is 1470. The second-order valence-corrected chi connectivity index (χ2v) is 13.8. The molecule has 0 fully saturated rings. The molecule has 42 heavy (non-hydrogen) atoms. The SMILES string of the molecule is CCC(=O)N(Cc1ccc(OC)cc1)Cc1ccc(OC)c(NCCS(=O)(=O)N(Cc2cccs2)Cc2cccs2)c1. The number of thiophene rings is 2. The lowest BCUT2D eigenvalue weighted by atomic mass is 10.1. The zero-order chi connectivity index (χ0) is 30.0. The molecule has 0 aliphatic heterocycles. The number of anilines is 1. The molecule has 0 aliphatic carbocycles. The third kappa shape index (κ3) is 8.81. The molecule has 11 heteroatoms. The molecule has 0 bridgehead atoms. The summed E-state index contributed by atoms with van der Waals surface area (Å²) < 4.78 is 39.3. The smallest absolute Gasteiger partial charge is 0.222 e. The summed E-state index contributed by atoms with van der Waals surface area (Å²) >= 11 is 3.10. The Balaban J connectivity index is 1.44. The van der Waals surface area contributed by atoms with Gasteiger partial charge in [-0.05, 0) is 58.3 Å². The van der Waals surface area contributed by atoms with Crippen LogP contribution in [0.1, 0.15) is 34.2 Å². The van der Waals surface area contributed by atoms with Gasteiger partial charge in [-0.3, -0.25) is 4.79 Å². The van der Waals surface area contributed by atoms with Crippen molar-refractivity contribution in [3.63, 3.8) is 0 Å². The molecule has 0 atom stereocenters. The monoisotopic (exact) mass is 627 g/mol. The number of rotatable bonds is 16. The summed E-state index contributed by atoms with van der Waals surface area (Å²) in [7, 11) is -0.362. The maximum Gasteiger partial charge on any atom is 0.222 e. The molecular weight excluding hydrogens is 591 g/mol. The number of hydrogen-bond acceptors (Lipinski definition) is 8. The van der Waals surface area contributed by atoms with Crippen LogP contribution in [-0.2, 0) is 41.0 Å². The molecule has 1 N–H and O–H groups in total. The first-order valence-corrected chi connectivity index (χ1v) is 17.0. The average Bonchev–Trinajstić information content (AvgIpc) is 3.71.